The van der Waals surface area contributed by atoms with Crippen LogP contribution in [0.2, 0.25) is 0 Å². The first-order chi connectivity index (χ1) is 14.3. The number of hydrogen-bond acceptors (Lipinski definition) is 4. The van der Waals surface area contributed by atoms with Crippen LogP contribution in [0.1, 0.15) is 56.6 Å². The zero-order valence-corrected chi connectivity index (χ0v) is 18.5. The zero-order chi connectivity index (χ0) is 21.8. The first-order valence-electron chi connectivity index (χ1n) is 10.6. The molecule has 1 aliphatic rings. The van der Waals surface area contributed by atoms with Crippen molar-refractivity contribution in [2.75, 3.05) is 6.54 Å². The van der Waals surface area contributed by atoms with E-state index in [9.17, 15) is 18.3 Å². The Morgan fingerprint density at radius 2 is 1.70 bits per heavy atom. The van der Waals surface area contributed by atoms with Crippen LogP contribution in [-0.4, -0.2) is 36.3 Å². The molecule has 3 atom stereocenters. The lowest BCUT2D eigenvalue weighted by Gasteiger charge is -2.54. The molecule has 0 amide bonds. The molecule has 5 nitrogen and oxygen atoms in total. The lowest BCUT2D eigenvalue weighted by molar-refractivity contribution is -0.147. The fraction of sp³-hybridized carbons (Fsp3) is 0.458. The summed E-state index contributed by atoms with van der Waals surface area (Å²) in [6, 6.07) is 18.6. The molecule has 0 bridgehead atoms. The third kappa shape index (κ3) is 3.79. The van der Waals surface area contributed by atoms with Gasteiger partial charge in [0.1, 0.15) is 10.3 Å². The number of carboxylic acid groups (broad SMARTS) is 1. The lowest BCUT2D eigenvalue weighted by atomic mass is 9.66. The van der Waals surface area contributed by atoms with E-state index in [4.69, 9.17) is 0 Å². The SMILES string of the molecule is CCCCC1(S(=O)(=O)Cc2ccccc2)C(c2ccccc2)CCNC1(C)C(=O)O. The number of benzene rings is 2. The van der Waals surface area contributed by atoms with Gasteiger partial charge in [-0.05, 0) is 37.4 Å². The molecule has 162 valence electrons. The average molecular weight is 430 g/mol. The molecule has 0 aromatic heterocycles. The molecule has 2 N–H and O–H groups in total. The molecule has 6 heteroatoms. The number of piperidine rings is 1. The highest BCUT2D eigenvalue weighted by molar-refractivity contribution is 7.92. The van der Waals surface area contributed by atoms with Crippen LogP contribution in [0.5, 0.6) is 0 Å². The van der Waals surface area contributed by atoms with Gasteiger partial charge in [0.05, 0.1) is 5.75 Å². The number of unbranched alkanes of at least 4 members (excludes halogenated alkanes) is 1. The van der Waals surface area contributed by atoms with Crippen LogP contribution in [0, 0.1) is 0 Å². The number of hydrogen-bond donors (Lipinski definition) is 2. The predicted molar refractivity (Wildman–Crippen MR) is 119 cm³/mol. The van der Waals surface area contributed by atoms with Gasteiger partial charge in [0.25, 0.3) is 0 Å². The zero-order valence-electron chi connectivity index (χ0n) is 17.7. The summed E-state index contributed by atoms with van der Waals surface area (Å²) in [5.41, 5.74) is -0.0214. The van der Waals surface area contributed by atoms with E-state index in [0.717, 1.165) is 12.0 Å². The molecule has 1 heterocycles. The van der Waals surface area contributed by atoms with Gasteiger partial charge >= 0.3 is 5.97 Å². The number of rotatable bonds is 8. The minimum atomic E-state index is -3.86. The molecular weight excluding hydrogens is 398 g/mol. The molecule has 1 saturated heterocycles. The minimum absolute atomic E-state index is 0.175. The van der Waals surface area contributed by atoms with E-state index in [1.165, 1.54) is 0 Å². The van der Waals surface area contributed by atoms with Crippen molar-refractivity contribution in [2.24, 2.45) is 0 Å². The maximum absolute atomic E-state index is 14.2. The minimum Gasteiger partial charge on any atom is -0.480 e. The molecule has 0 saturated carbocycles. The van der Waals surface area contributed by atoms with Crippen molar-refractivity contribution >= 4 is 15.8 Å². The van der Waals surface area contributed by atoms with Crippen molar-refractivity contribution in [3.05, 3.63) is 71.8 Å². The summed E-state index contributed by atoms with van der Waals surface area (Å²) in [6.07, 6.45) is 2.31. The molecule has 0 radical (unpaired) electrons. The Bertz CT molecular complexity index is 961. The van der Waals surface area contributed by atoms with Crippen molar-refractivity contribution in [3.8, 4) is 0 Å². The van der Waals surface area contributed by atoms with Crippen molar-refractivity contribution in [1.29, 1.82) is 0 Å². The maximum atomic E-state index is 14.2. The third-order valence-corrected chi connectivity index (χ3v) is 9.33. The molecule has 1 fully saturated rings. The lowest BCUT2D eigenvalue weighted by Crippen LogP contribution is -2.74. The molecule has 2 aromatic rings. The monoisotopic (exact) mass is 429 g/mol. The predicted octanol–water partition coefficient (Wildman–Crippen LogP) is 4.15. The fourth-order valence-electron chi connectivity index (χ4n) is 5.04. The molecule has 1 aliphatic heterocycles. The molecule has 3 rings (SSSR count). The van der Waals surface area contributed by atoms with E-state index in [-0.39, 0.29) is 5.75 Å². The third-order valence-electron chi connectivity index (χ3n) is 6.61. The first-order valence-corrected chi connectivity index (χ1v) is 12.2. The van der Waals surface area contributed by atoms with Crippen LogP contribution in [-0.2, 0) is 20.4 Å². The Balaban J connectivity index is 2.25. The van der Waals surface area contributed by atoms with Crippen LogP contribution in [0.4, 0.5) is 0 Å². The van der Waals surface area contributed by atoms with Gasteiger partial charge in [-0.1, -0.05) is 80.4 Å². The molecule has 0 spiro atoms. The fourth-order valence-corrected chi connectivity index (χ4v) is 7.86. The van der Waals surface area contributed by atoms with Crippen LogP contribution in [0.3, 0.4) is 0 Å². The van der Waals surface area contributed by atoms with Crippen LogP contribution >= 0.6 is 0 Å². The second kappa shape index (κ2) is 8.90. The smallest absolute Gasteiger partial charge is 0.325 e. The van der Waals surface area contributed by atoms with Crippen molar-refractivity contribution in [3.63, 3.8) is 0 Å². The summed E-state index contributed by atoms with van der Waals surface area (Å²) in [5, 5.41) is 13.4. The first kappa shape index (κ1) is 22.5. The number of sulfone groups is 1. The Labute approximate surface area is 179 Å². The van der Waals surface area contributed by atoms with E-state index < -0.39 is 32.0 Å². The number of carbonyl (C=O) groups is 1. The summed E-state index contributed by atoms with van der Waals surface area (Å²) in [4.78, 5) is 12.6. The van der Waals surface area contributed by atoms with Crippen LogP contribution in [0.25, 0.3) is 0 Å². The van der Waals surface area contributed by atoms with E-state index in [1.807, 2.05) is 55.5 Å². The van der Waals surface area contributed by atoms with Gasteiger partial charge in [-0.2, -0.15) is 0 Å². The van der Waals surface area contributed by atoms with Gasteiger partial charge in [-0.3, -0.25) is 4.79 Å². The van der Waals surface area contributed by atoms with E-state index in [0.29, 0.717) is 31.4 Å². The van der Waals surface area contributed by atoms with E-state index >= 15 is 0 Å². The molecule has 30 heavy (non-hydrogen) atoms. The highest BCUT2D eigenvalue weighted by Crippen LogP contribution is 2.51. The quantitative estimate of drug-likeness (QED) is 0.659. The number of aliphatic carboxylic acids is 1. The summed E-state index contributed by atoms with van der Waals surface area (Å²) >= 11 is 0. The topological polar surface area (TPSA) is 83.5 Å². The molecule has 0 aliphatic carbocycles. The van der Waals surface area contributed by atoms with Crippen LogP contribution in [0.15, 0.2) is 60.7 Å². The normalized spacial score (nSPS) is 26.9. The van der Waals surface area contributed by atoms with Crippen molar-refractivity contribution in [2.45, 2.75) is 61.5 Å². The number of carboxylic acids is 1. The Hall–Kier alpha value is -2.18. The number of nitrogens with one attached hydrogen (secondary N) is 1. The molecule has 2 aromatic carbocycles. The Kier molecular flexibility index (Phi) is 6.68. The standard InChI is InChI=1S/C24H31NO4S/c1-3-4-16-24(30(28,29)18-19-11-7-5-8-12-19)21(20-13-9-6-10-14-20)15-17-25-23(24,2)22(26)27/h5-14,21,25H,3-4,15-18H2,1-2H3,(H,26,27). The summed E-state index contributed by atoms with van der Waals surface area (Å²) < 4.78 is 26.9. The second-order valence-electron chi connectivity index (χ2n) is 8.35. The summed E-state index contributed by atoms with van der Waals surface area (Å²) in [5.74, 6) is -1.69. The van der Waals surface area contributed by atoms with Gasteiger partial charge in [0, 0.05) is 5.92 Å². The van der Waals surface area contributed by atoms with E-state index in [1.54, 1.807) is 19.1 Å². The highest BCUT2D eigenvalue weighted by atomic mass is 32.2. The highest BCUT2D eigenvalue weighted by Gasteiger charge is 2.66. The van der Waals surface area contributed by atoms with E-state index in [2.05, 4.69) is 5.32 Å². The van der Waals surface area contributed by atoms with Gasteiger partial charge < -0.3 is 10.4 Å². The molecule has 3 unspecified atom stereocenters. The van der Waals surface area contributed by atoms with Crippen molar-refractivity contribution in [1.82, 2.24) is 5.32 Å². The van der Waals surface area contributed by atoms with Crippen molar-refractivity contribution < 1.29 is 18.3 Å². The van der Waals surface area contributed by atoms with Gasteiger partial charge in [0.2, 0.25) is 0 Å². The van der Waals surface area contributed by atoms with Gasteiger partial charge in [-0.15, -0.1) is 0 Å². The van der Waals surface area contributed by atoms with Gasteiger partial charge in [-0.25, -0.2) is 8.42 Å². The largest absolute Gasteiger partial charge is 0.480 e. The summed E-state index contributed by atoms with van der Waals surface area (Å²) in [7, 11) is -3.86. The van der Waals surface area contributed by atoms with Crippen LogP contribution < -0.4 is 5.32 Å². The second-order valence-corrected chi connectivity index (χ2v) is 10.6. The average Bonchev–Trinajstić information content (AvgIpc) is 2.73. The van der Waals surface area contributed by atoms with Gasteiger partial charge in [0.15, 0.2) is 9.84 Å². The Morgan fingerprint density at radius 1 is 1.10 bits per heavy atom. The Morgan fingerprint density at radius 3 is 2.27 bits per heavy atom. The maximum Gasteiger partial charge on any atom is 0.325 e. The molecular formula is C24H31NO4S. The summed E-state index contributed by atoms with van der Waals surface area (Å²) in [6.45, 7) is 4.02.